The average Bonchev–Trinajstić information content (AvgIpc) is 2.76. The van der Waals surface area contributed by atoms with Gasteiger partial charge in [0.25, 0.3) is 5.91 Å². The standard InChI is InChI=1S/C15H19N3OS/c1-4-16-12-5-6-14(17-8-12)15(19)18-9-13-7-10(2)11(3)20-13/h5-8,16H,4,9H2,1-3H3,(H,18,19). The molecule has 0 radical (unpaired) electrons. The lowest BCUT2D eigenvalue weighted by atomic mass is 10.3. The fourth-order valence-corrected chi connectivity index (χ4v) is 2.82. The van der Waals surface area contributed by atoms with E-state index < -0.39 is 0 Å². The lowest BCUT2D eigenvalue weighted by Gasteiger charge is -2.05. The minimum absolute atomic E-state index is 0.142. The third-order valence-corrected chi connectivity index (χ3v) is 4.17. The first-order valence-corrected chi connectivity index (χ1v) is 7.46. The number of carbonyl (C=O) groups is 1. The van der Waals surface area contributed by atoms with Crippen molar-refractivity contribution in [3.8, 4) is 0 Å². The second-order valence-electron chi connectivity index (χ2n) is 4.60. The van der Waals surface area contributed by atoms with Gasteiger partial charge in [-0.25, -0.2) is 4.98 Å². The summed E-state index contributed by atoms with van der Waals surface area (Å²) in [6, 6.07) is 5.71. The Bertz CT molecular complexity index is 570. The molecule has 2 aromatic heterocycles. The van der Waals surface area contributed by atoms with E-state index in [2.05, 4.69) is 35.5 Å². The van der Waals surface area contributed by atoms with Crippen molar-refractivity contribution in [2.24, 2.45) is 0 Å². The maximum atomic E-state index is 12.0. The molecule has 0 fully saturated rings. The van der Waals surface area contributed by atoms with E-state index in [-0.39, 0.29) is 5.91 Å². The van der Waals surface area contributed by atoms with Crippen LogP contribution in [0.5, 0.6) is 0 Å². The molecule has 1 amide bonds. The van der Waals surface area contributed by atoms with E-state index >= 15 is 0 Å². The number of carbonyl (C=O) groups excluding carboxylic acids is 1. The largest absolute Gasteiger partial charge is 0.384 e. The van der Waals surface area contributed by atoms with Crippen LogP contribution >= 0.6 is 11.3 Å². The molecule has 0 aliphatic rings. The first-order chi connectivity index (χ1) is 9.60. The van der Waals surface area contributed by atoms with Crippen LogP contribution in [0.2, 0.25) is 0 Å². The number of rotatable bonds is 5. The first kappa shape index (κ1) is 14.5. The highest BCUT2D eigenvalue weighted by molar-refractivity contribution is 7.12. The number of aryl methyl sites for hydroxylation is 2. The summed E-state index contributed by atoms with van der Waals surface area (Å²) in [5, 5.41) is 6.04. The predicted molar refractivity (Wildman–Crippen MR) is 83.4 cm³/mol. The molecule has 0 atom stereocenters. The van der Waals surface area contributed by atoms with Gasteiger partial charge in [-0.1, -0.05) is 0 Å². The molecule has 4 nitrogen and oxygen atoms in total. The number of thiophene rings is 1. The molecule has 0 aromatic carbocycles. The van der Waals surface area contributed by atoms with Gasteiger partial charge in [0.05, 0.1) is 18.4 Å². The summed E-state index contributed by atoms with van der Waals surface area (Å²) in [5.41, 5.74) is 2.64. The van der Waals surface area contributed by atoms with Crippen LogP contribution in [-0.2, 0) is 6.54 Å². The van der Waals surface area contributed by atoms with Crippen LogP contribution in [0.15, 0.2) is 24.4 Å². The molecule has 2 heterocycles. The van der Waals surface area contributed by atoms with Crippen LogP contribution in [0.1, 0.15) is 32.7 Å². The van der Waals surface area contributed by atoms with E-state index in [1.165, 1.54) is 10.4 Å². The van der Waals surface area contributed by atoms with Crippen LogP contribution in [0.25, 0.3) is 0 Å². The van der Waals surface area contributed by atoms with Crippen molar-refractivity contribution in [3.63, 3.8) is 0 Å². The maximum absolute atomic E-state index is 12.0. The van der Waals surface area contributed by atoms with Crippen molar-refractivity contribution in [1.29, 1.82) is 0 Å². The molecule has 2 rings (SSSR count). The van der Waals surface area contributed by atoms with Gasteiger partial charge >= 0.3 is 0 Å². The van der Waals surface area contributed by atoms with Gasteiger partial charge in [-0.2, -0.15) is 0 Å². The SMILES string of the molecule is CCNc1ccc(C(=O)NCc2cc(C)c(C)s2)nc1. The molecule has 0 spiro atoms. The molecule has 106 valence electrons. The van der Waals surface area contributed by atoms with E-state index in [0.717, 1.165) is 17.1 Å². The quantitative estimate of drug-likeness (QED) is 0.889. The molecule has 0 bridgehead atoms. The highest BCUT2D eigenvalue weighted by Gasteiger charge is 2.08. The smallest absolute Gasteiger partial charge is 0.270 e. The number of nitrogens with zero attached hydrogens (tertiary/aromatic N) is 1. The monoisotopic (exact) mass is 289 g/mol. The van der Waals surface area contributed by atoms with Crippen molar-refractivity contribution >= 4 is 22.9 Å². The fourth-order valence-electron chi connectivity index (χ4n) is 1.83. The third kappa shape index (κ3) is 3.57. The zero-order valence-corrected chi connectivity index (χ0v) is 12.8. The second-order valence-corrected chi connectivity index (χ2v) is 5.94. The summed E-state index contributed by atoms with van der Waals surface area (Å²) in [5.74, 6) is -0.142. The van der Waals surface area contributed by atoms with Gasteiger partial charge in [-0.15, -0.1) is 11.3 Å². The summed E-state index contributed by atoms with van der Waals surface area (Å²) in [6.45, 7) is 7.58. The zero-order chi connectivity index (χ0) is 14.5. The van der Waals surface area contributed by atoms with Gasteiger partial charge in [-0.3, -0.25) is 4.79 Å². The molecule has 5 heteroatoms. The number of hydrogen-bond donors (Lipinski definition) is 2. The number of aromatic nitrogens is 1. The molecule has 2 aromatic rings. The number of amides is 1. The van der Waals surface area contributed by atoms with Gasteiger partial charge in [0, 0.05) is 16.3 Å². The highest BCUT2D eigenvalue weighted by Crippen LogP contribution is 2.20. The topological polar surface area (TPSA) is 54.0 Å². The van der Waals surface area contributed by atoms with Crippen LogP contribution in [0.4, 0.5) is 5.69 Å². The molecular weight excluding hydrogens is 270 g/mol. The summed E-state index contributed by atoms with van der Waals surface area (Å²) in [6.07, 6.45) is 1.68. The lowest BCUT2D eigenvalue weighted by molar-refractivity contribution is 0.0946. The van der Waals surface area contributed by atoms with Crippen LogP contribution in [0, 0.1) is 13.8 Å². The number of anilines is 1. The Morgan fingerprint density at radius 1 is 1.35 bits per heavy atom. The molecule has 0 aliphatic heterocycles. The summed E-state index contributed by atoms with van der Waals surface area (Å²) in [7, 11) is 0. The van der Waals surface area contributed by atoms with Gasteiger partial charge in [0.15, 0.2) is 0 Å². The normalized spacial score (nSPS) is 10.3. The Morgan fingerprint density at radius 2 is 2.15 bits per heavy atom. The summed E-state index contributed by atoms with van der Waals surface area (Å²) >= 11 is 1.72. The Kier molecular flexibility index (Phi) is 4.74. The van der Waals surface area contributed by atoms with E-state index in [4.69, 9.17) is 0 Å². The van der Waals surface area contributed by atoms with Gasteiger partial charge in [-0.05, 0) is 44.5 Å². The van der Waals surface area contributed by atoms with E-state index in [1.807, 2.05) is 13.0 Å². The van der Waals surface area contributed by atoms with E-state index in [0.29, 0.717) is 12.2 Å². The van der Waals surface area contributed by atoms with Gasteiger partial charge in [0.1, 0.15) is 5.69 Å². The summed E-state index contributed by atoms with van der Waals surface area (Å²) in [4.78, 5) is 18.6. The van der Waals surface area contributed by atoms with Crippen molar-refractivity contribution in [1.82, 2.24) is 10.3 Å². The Morgan fingerprint density at radius 3 is 2.70 bits per heavy atom. The Hall–Kier alpha value is -1.88. The Labute approximate surface area is 123 Å². The van der Waals surface area contributed by atoms with Crippen molar-refractivity contribution < 1.29 is 4.79 Å². The second kappa shape index (κ2) is 6.52. The molecule has 2 N–H and O–H groups in total. The Balaban J connectivity index is 1.94. The first-order valence-electron chi connectivity index (χ1n) is 6.64. The third-order valence-electron chi connectivity index (χ3n) is 3.02. The molecular formula is C15H19N3OS. The predicted octanol–water partition coefficient (Wildman–Crippen LogP) is 3.12. The molecule has 0 saturated carbocycles. The van der Waals surface area contributed by atoms with Crippen LogP contribution in [-0.4, -0.2) is 17.4 Å². The average molecular weight is 289 g/mol. The molecule has 0 aliphatic carbocycles. The van der Waals surface area contributed by atoms with Gasteiger partial charge in [0.2, 0.25) is 0 Å². The number of pyridine rings is 1. The van der Waals surface area contributed by atoms with Crippen molar-refractivity contribution in [2.45, 2.75) is 27.3 Å². The summed E-state index contributed by atoms with van der Waals surface area (Å²) < 4.78 is 0. The fraction of sp³-hybridized carbons (Fsp3) is 0.333. The van der Waals surface area contributed by atoms with E-state index in [9.17, 15) is 4.79 Å². The minimum atomic E-state index is -0.142. The molecule has 0 unspecified atom stereocenters. The minimum Gasteiger partial charge on any atom is -0.384 e. The lowest BCUT2D eigenvalue weighted by Crippen LogP contribution is -2.23. The molecule has 20 heavy (non-hydrogen) atoms. The van der Waals surface area contributed by atoms with E-state index in [1.54, 1.807) is 23.6 Å². The maximum Gasteiger partial charge on any atom is 0.270 e. The van der Waals surface area contributed by atoms with Crippen molar-refractivity contribution in [2.75, 3.05) is 11.9 Å². The van der Waals surface area contributed by atoms with Gasteiger partial charge < -0.3 is 10.6 Å². The number of nitrogens with one attached hydrogen (secondary N) is 2. The molecule has 0 saturated heterocycles. The zero-order valence-electron chi connectivity index (χ0n) is 12.0. The van der Waals surface area contributed by atoms with Crippen LogP contribution in [0.3, 0.4) is 0 Å². The van der Waals surface area contributed by atoms with Crippen molar-refractivity contribution in [3.05, 3.63) is 45.4 Å². The van der Waals surface area contributed by atoms with Crippen LogP contribution < -0.4 is 10.6 Å². The number of hydrogen-bond acceptors (Lipinski definition) is 4. The highest BCUT2D eigenvalue weighted by atomic mass is 32.1.